The number of aryl methyl sites for hydroxylation is 1. The van der Waals surface area contributed by atoms with Crippen LogP contribution >= 0.6 is 11.3 Å². The van der Waals surface area contributed by atoms with Gasteiger partial charge in [-0.25, -0.2) is 4.79 Å². The number of nitrogens with one attached hydrogen (secondary N) is 1. The summed E-state index contributed by atoms with van der Waals surface area (Å²) in [6.45, 7) is 5.57. The van der Waals surface area contributed by atoms with E-state index in [4.69, 9.17) is 4.74 Å². The number of ether oxygens (including phenoxy) is 1. The van der Waals surface area contributed by atoms with Crippen molar-refractivity contribution in [2.75, 3.05) is 45.2 Å². The van der Waals surface area contributed by atoms with E-state index in [1.807, 2.05) is 48.7 Å². The van der Waals surface area contributed by atoms with Crippen LogP contribution in [0, 0.1) is 6.92 Å². The van der Waals surface area contributed by atoms with Crippen molar-refractivity contribution in [3.63, 3.8) is 0 Å². The van der Waals surface area contributed by atoms with Gasteiger partial charge in [0.25, 0.3) is 0 Å². The lowest BCUT2D eigenvalue weighted by molar-refractivity contribution is -0.117. The number of hydrogen-bond acceptors (Lipinski definition) is 6. The second-order valence-electron chi connectivity index (χ2n) is 9.80. The molecule has 6 nitrogen and oxygen atoms in total. The first kappa shape index (κ1) is 26.8. The van der Waals surface area contributed by atoms with Gasteiger partial charge < -0.3 is 10.1 Å². The molecule has 0 unspecified atom stereocenters. The average molecular weight is 540 g/mol. The molecule has 2 heterocycles. The molecule has 1 aliphatic heterocycles. The highest BCUT2D eigenvalue weighted by Gasteiger charge is 2.28. The van der Waals surface area contributed by atoms with Gasteiger partial charge in [-0.05, 0) is 23.6 Å². The second kappa shape index (κ2) is 12.4. The Labute approximate surface area is 233 Å². The number of nitrogens with zero attached hydrogens (tertiary/aromatic N) is 2. The molecule has 0 aliphatic carbocycles. The molecule has 5 rings (SSSR count). The minimum atomic E-state index is -0.455. The maximum Gasteiger partial charge on any atom is 0.341 e. The van der Waals surface area contributed by atoms with Crippen LogP contribution in [0.4, 0.5) is 5.00 Å². The summed E-state index contributed by atoms with van der Waals surface area (Å²) in [4.78, 5) is 30.4. The predicted octanol–water partition coefficient (Wildman–Crippen LogP) is 5.86. The lowest BCUT2D eigenvalue weighted by Gasteiger charge is -2.39. The zero-order chi connectivity index (χ0) is 27.2. The lowest BCUT2D eigenvalue weighted by Crippen LogP contribution is -2.49. The first-order chi connectivity index (χ1) is 19.0. The Morgan fingerprint density at radius 3 is 2.03 bits per heavy atom. The normalized spacial score (nSPS) is 14.3. The van der Waals surface area contributed by atoms with Crippen molar-refractivity contribution >= 4 is 28.2 Å². The minimum Gasteiger partial charge on any atom is -0.465 e. The van der Waals surface area contributed by atoms with Crippen LogP contribution in [0.25, 0.3) is 11.1 Å². The van der Waals surface area contributed by atoms with Crippen LogP contribution in [0.5, 0.6) is 0 Å². The molecule has 7 heteroatoms. The van der Waals surface area contributed by atoms with E-state index in [1.54, 1.807) is 0 Å². The van der Waals surface area contributed by atoms with E-state index in [0.29, 0.717) is 10.6 Å². The van der Waals surface area contributed by atoms with Crippen LogP contribution in [0.15, 0.2) is 90.3 Å². The van der Waals surface area contributed by atoms with E-state index >= 15 is 0 Å². The number of rotatable bonds is 8. The number of piperazine rings is 1. The van der Waals surface area contributed by atoms with Gasteiger partial charge >= 0.3 is 5.97 Å². The van der Waals surface area contributed by atoms with Gasteiger partial charge in [-0.3, -0.25) is 14.6 Å². The van der Waals surface area contributed by atoms with Crippen LogP contribution in [0.2, 0.25) is 0 Å². The third-order valence-electron chi connectivity index (χ3n) is 7.17. The largest absolute Gasteiger partial charge is 0.465 e. The number of amides is 1. The zero-order valence-electron chi connectivity index (χ0n) is 22.3. The summed E-state index contributed by atoms with van der Waals surface area (Å²) >= 11 is 1.35. The van der Waals surface area contributed by atoms with Crippen LogP contribution in [0.3, 0.4) is 0 Å². The Balaban J connectivity index is 1.24. The summed E-state index contributed by atoms with van der Waals surface area (Å²) in [5.41, 5.74) is 5.77. The molecule has 1 amide bonds. The number of carbonyl (C=O) groups is 2. The summed E-state index contributed by atoms with van der Waals surface area (Å²) < 4.78 is 5.06. The van der Waals surface area contributed by atoms with Crippen molar-refractivity contribution in [1.29, 1.82) is 0 Å². The molecule has 1 N–H and O–H groups in total. The van der Waals surface area contributed by atoms with Crippen LogP contribution < -0.4 is 5.32 Å². The Morgan fingerprint density at radius 2 is 1.46 bits per heavy atom. The van der Waals surface area contributed by atoms with E-state index in [0.717, 1.165) is 42.9 Å². The Morgan fingerprint density at radius 1 is 0.872 bits per heavy atom. The standard InChI is InChI=1S/C32H33N3O3S/c1-23-13-15-24(16-14-23)27-22-39-31(29(27)32(37)38-2)33-28(36)21-34-17-19-35(20-18-34)30(25-9-5-3-6-10-25)26-11-7-4-8-12-26/h3-16,22,30H,17-21H2,1-2H3,(H,33,36). The molecule has 1 aliphatic rings. The number of hydrogen-bond donors (Lipinski definition) is 1. The number of carbonyl (C=O) groups excluding carboxylic acids is 2. The summed E-state index contributed by atoms with van der Waals surface area (Å²) in [6.07, 6.45) is 0. The van der Waals surface area contributed by atoms with Gasteiger partial charge in [0.1, 0.15) is 10.6 Å². The molecule has 200 valence electrons. The molecule has 1 aromatic heterocycles. The Kier molecular flexibility index (Phi) is 8.51. The average Bonchev–Trinajstić information content (AvgIpc) is 3.38. The topological polar surface area (TPSA) is 61.9 Å². The third-order valence-corrected chi connectivity index (χ3v) is 8.06. The molecule has 0 radical (unpaired) electrons. The monoisotopic (exact) mass is 539 g/mol. The van der Waals surface area contributed by atoms with E-state index < -0.39 is 5.97 Å². The fourth-order valence-electron chi connectivity index (χ4n) is 5.13. The third kappa shape index (κ3) is 6.28. The second-order valence-corrected chi connectivity index (χ2v) is 10.7. The van der Waals surface area contributed by atoms with Crippen LogP contribution in [-0.4, -0.2) is 61.5 Å². The highest BCUT2D eigenvalue weighted by Crippen LogP contribution is 2.36. The van der Waals surface area contributed by atoms with Gasteiger partial charge in [0.15, 0.2) is 0 Å². The van der Waals surface area contributed by atoms with Gasteiger partial charge in [0.05, 0.1) is 19.7 Å². The predicted molar refractivity (Wildman–Crippen MR) is 157 cm³/mol. The Hall–Kier alpha value is -3.78. The first-order valence-corrected chi connectivity index (χ1v) is 14.0. The lowest BCUT2D eigenvalue weighted by atomic mass is 9.96. The van der Waals surface area contributed by atoms with E-state index in [1.165, 1.54) is 29.6 Å². The summed E-state index contributed by atoms with van der Waals surface area (Å²) in [6, 6.07) is 29.3. The Bertz CT molecular complexity index is 1360. The molecule has 0 saturated carbocycles. The maximum absolute atomic E-state index is 13.1. The molecule has 3 aromatic carbocycles. The van der Waals surface area contributed by atoms with Gasteiger partial charge in [0.2, 0.25) is 5.91 Å². The van der Waals surface area contributed by atoms with Crippen molar-refractivity contribution in [3.05, 3.63) is 113 Å². The number of anilines is 1. The number of methoxy groups -OCH3 is 1. The molecule has 1 saturated heterocycles. The molecular formula is C32H33N3O3S. The fourth-order valence-corrected chi connectivity index (χ4v) is 6.11. The SMILES string of the molecule is COC(=O)c1c(-c2ccc(C)cc2)csc1NC(=O)CN1CCN(C(c2ccccc2)c2ccccc2)CC1. The van der Waals surface area contributed by atoms with Crippen LogP contribution in [0.1, 0.15) is 33.1 Å². The van der Waals surface area contributed by atoms with Gasteiger partial charge in [-0.1, -0.05) is 90.5 Å². The molecule has 0 bridgehead atoms. The van der Waals surface area contributed by atoms with Crippen LogP contribution in [-0.2, 0) is 9.53 Å². The van der Waals surface area contributed by atoms with Gasteiger partial charge in [-0.15, -0.1) is 11.3 Å². The fraction of sp³-hybridized carbons (Fsp3) is 0.250. The number of thiophene rings is 1. The molecule has 0 spiro atoms. The van der Waals surface area contributed by atoms with Crippen molar-refractivity contribution in [2.45, 2.75) is 13.0 Å². The quantitative estimate of drug-likeness (QED) is 0.285. The highest BCUT2D eigenvalue weighted by molar-refractivity contribution is 7.15. The zero-order valence-corrected chi connectivity index (χ0v) is 23.1. The minimum absolute atomic E-state index is 0.131. The van der Waals surface area contributed by atoms with E-state index in [2.05, 4.69) is 63.6 Å². The van der Waals surface area contributed by atoms with Crippen molar-refractivity contribution < 1.29 is 14.3 Å². The maximum atomic E-state index is 13.1. The number of benzene rings is 3. The molecule has 39 heavy (non-hydrogen) atoms. The highest BCUT2D eigenvalue weighted by atomic mass is 32.1. The number of esters is 1. The summed E-state index contributed by atoms with van der Waals surface area (Å²) in [5, 5.41) is 5.41. The van der Waals surface area contributed by atoms with Crippen molar-refractivity contribution in [1.82, 2.24) is 9.80 Å². The molecule has 0 atom stereocenters. The molecule has 4 aromatic rings. The smallest absolute Gasteiger partial charge is 0.341 e. The summed E-state index contributed by atoms with van der Waals surface area (Å²) in [7, 11) is 1.36. The molecule has 1 fully saturated rings. The van der Waals surface area contributed by atoms with Crippen molar-refractivity contribution in [2.24, 2.45) is 0 Å². The van der Waals surface area contributed by atoms with E-state index in [-0.39, 0.29) is 18.5 Å². The van der Waals surface area contributed by atoms with Crippen molar-refractivity contribution in [3.8, 4) is 11.1 Å². The van der Waals surface area contributed by atoms with E-state index in [9.17, 15) is 9.59 Å². The summed E-state index contributed by atoms with van der Waals surface area (Å²) in [5.74, 6) is -0.586. The van der Waals surface area contributed by atoms with Gasteiger partial charge in [0, 0.05) is 37.1 Å². The first-order valence-electron chi connectivity index (χ1n) is 13.2. The van der Waals surface area contributed by atoms with Gasteiger partial charge in [-0.2, -0.15) is 0 Å². The molecular weight excluding hydrogens is 506 g/mol.